The molecule has 0 fully saturated rings. The van der Waals surface area contributed by atoms with Crippen molar-refractivity contribution in [1.29, 1.82) is 0 Å². The van der Waals surface area contributed by atoms with Gasteiger partial charge in [-0.15, -0.1) is 0 Å². The lowest BCUT2D eigenvalue weighted by atomic mass is 10.1. The minimum Gasteiger partial charge on any atom is -0.325 e. The Morgan fingerprint density at radius 3 is 2.27 bits per heavy atom. The van der Waals surface area contributed by atoms with Gasteiger partial charge in [0.05, 0.1) is 4.90 Å². The van der Waals surface area contributed by atoms with E-state index in [4.69, 9.17) is 11.6 Å². The van der Waals surface area contributed by atoms with E-state index in [-0.39, 0.29) is 11.3 Å². The molecule has 3 aromatic rings. The summed E-state index contributed by atoms with van der Waals surface area (Å²) in [5.74, 6) is -0.463. The van der Waals surface area contributed by atoms with Crippen LogP contribution in [0.15, 0.2) is 77.7 Å². The molecule has 156 valence electrons. The second-order valence-corrected chi connectivity index (χ2v) is 9.25. The van der Waals surface area contributed by atoms with E-state index >= 15 is 0 Å². The summed E-state index contributed by atoms with van der Waals surface area (Å²) in [7, 11) is -3.89. The second kappa shape index (κ2) is 9.43. The molecule has 0 aromatic heterocycles. The van der Waals surface area contributed by atoms with Crippen LogP contribution in [0.25, 0.3) is 0 Å². The zero-order valence-corrected chi connectivity index (χ0v) is 18.3. The van der Waals surface area contributed by atoms with Crippen LogP contribution in [0.2, 0.25) is 5.02 Å². The van der Waals surface area contributed by atoms with Crippen LogP contribution >= 0.6 is 11.6 Å². The van der Waals surface area contributed by atoms with Crippen LogP contribution < -0.4 is 10.0 Å². The summed E-state index contributed by atoms with van der Waals surface area (Å²) in [6.45, 7) is 3.74. The molecule has 0 saturated carbocycles. The third-order valence-electron chi connectivity index (χ3n) is 4.67. The van der Waals surface area contributed by atoms with Gasteiger partial charge in [-0.1, -0.05) is 65.7 Å². The molecule has 0 spiro atoms. The molecule has 0 bridgehead atoms. The van der Waals surface area contributed by atoms with Crippen LogP contribution in [-0.2, 0) is 21.2 Å². The summed E-state index contributed by atoms with van der Waals surface area (Å²) in [6.07, 6.45) is 0.206. The molecule has 2 N–H and O–H groups in total. The maximum Gasteiger partial charge on any atom is 0.242 e. The number of hydrogen-bond acceptors (Lipinski definition) is 3. The van der Waals surface area contributed by atoms with E-state index < -0.39 is 22.0 Å². The Labute approximate surface area is 182 Å². The van der Waals surface area contributed by atoms with E-state index in [1.165, 1.54) is 12.1 Å². The van der Waals surface area contributed by atoms with Crippen LogP contribution in [0.1, 0.15) is 16.7 Å². The highest BCUT2D eigenvalue weighted by molar-refractivity contribution is 7.89. The highest BCUT2D eigenvalue weighted by Gasteiger charge is 2.26. The SMILES string of the molecule is Cc1ccc(S(=O)(=O)N[C@H](Cc2ccccc2)C(=O)Nc2ccc(C)c(Cl)c2)cc1. The van der Waals surface area contributed by atoms with Gasteiger partial charge in [0.2, 0.25) is 15.9 Å². The molecular formula is C23H23ClN2O3S. The van der Waals surface area contributed by atoms with Crippen molar-refractivity contribution in [2.24, 2.45) is 0 Å². The van der Waals surface area contributed by atoms with Crippen molar-refractivity contribution in [2.75, 3.05) is 5.32 Å². The Morgan fingerprint density at radius 2 is 1.63 bits per heavy atom. The Bertz CT molecular complexity index is 1130. The maximum atomic E-state index is 13.0. The molecule has 1 atom stereocenters. The molecule has 1 amide bonds. The molecule has 0 aliphatic rings. The first-order valence-electron chi connectivity index (χ1n) is 9.44. The van der Waals surface area contributed by atoms with E-state index in [0.717, 1.165) is 16.7 Å². The van der Waals surface area contributed by atoms with Gasteiger partial charge in [0.1, 0.15) is 6.04 Å². The minimum atomic E-state index is -3.89. The first-order chi connectivity index (χ1) is 14.2. The third kappa shape index (κ3) is 5.69. The van der Waals surface area contributed by atoms with Gasteiger partial charge in [-0.2, -0.15) is 4.72 Å². The molecule has 3 rings (SSSR count). The van der Waals surface area contributed by atoms with Crippen LogP contribution in [0.3, 0.4) is 0 Å². The largest absolute Gasteiger partial charge is 0.325 e. The fourth-order valence-electron chi connectivity index (χ4n) is 2.91. The average molecular weight is 443 g/mol. The molecule has 7 heteroatoms. The number of carbonyl (C=O) groups excluding carboxylic acids is 1. The summed E-state index contributed by atoms with van der Waals surface area (Å²) in [5, 5.41) is 3.28. The van der Waals surface area contributed by atoms with Crippen molar-refractivity contribution in [2.45, 2.75) is 31.2 Å². The summed E-state index contributed by atoms with van der Waals surface area (Å²) < 4.78 is 28.3. The quantitative estimate of drug-likeness (QED) is 0.566. The fraction of sp³-hybridized carbons (Fsp3) is 0.174. The topological polar surface area (TPSA) is 75.3 Å². The van der Waals surface area contributed by atoms with Gasteiger partial charge >= 0.3 is 0 Å². The minimum absolute atomic E-state index is 0.109. The number of rotatable bonds is 7. The zero-order valence-electron chi connectivity index (χ0n) is 16.7. The molecule has 0 aliphatic heterocycles. The molecule has 5 nitrogen and oxygen atoms in total. The average Bonchev–Trinajstić information content (AvgIpc) is 2.71. The monoisotopic (exact) mass is 442 g/mol. The number of anilines is 1. The van der Waals surface area contributed by atoms with Gasteiger partial charge in [-0.05, 0) is 55.7 Å². The summed E-state index contributed by atoms with van der Waals surface area (Å²) in [6, 6.07) is 19.9. The van der Waals surface area contributed by atoms with E-state index in [9.17, 15) is 13.2 Å². The van der Waals surface area contributed by atoms with E-state index in [0.29, 0.717) is 10.7 Å². The molecule has 3 aromatic carbocycles. The van der Waals surface area contributed by atoms with Gasteiger partial charge in [-0.3, -0.25) is 4.79 Å². The van der Waals surface area contributed by atoms with E-state index in [2.05, 4.69) is 10.0 Å². The fourth-order valence-corrected chi connectivity index (χ4v) is 4.29. The summed E-state index contributed by atoms with van der Waals surface area (Å²) in [4.78, 5) is 13.1. The van der Waals surface area contributed by atoms with Crippen LogP contribution in [0.4, 0.5) is 5.69 Å². The smallest absolute Gasteiger partial charge is 0.242 e. The van der Waals surface area contributed by atoms with Crippen LogP contribution in [-0.4, -0.2) is 20.4 Å². The number of hydrogen-bond donors (Lipinski definition) is 2. The van der Waals surface area contributed by atoms with Gasteiger partial charge in [0.25, 0.3) is 0 Å². The van der Waals surface area contributed by atoms with Crippen molar-refractivity contribution >= 4 is 33.2 Å². The van der Waals surface area contributed by atoms with Gasteiger partial charge in [-0.25, -0.2) is 8.42 Å². The molecule has 0 aliphatic carbocycles. The van der Waals surface area contributed by atoms with Crippen molar-refractivity contribution in [3.8, 4) is 0 Å². The number of nitrogens with one attached hydrogen (secondary N) is 2. The predicted molar refractivity (Wildman–Crippen MR) is 120 cm³/mol. The molecule has 0 unspecified atom stereocenters. The summed E-state index contributed by atoms with van der Waals surface area (Å²) in [5.41, 5.74) is 3.17. The molecule has 0 saturated heterocycles. The number of carbonyl (C=O) groups is 1. The maximum absolute atomic E-state index is 13.0. The van der Waals surface area contributed by atoms with Crippen LogP contribution in [0, 0.1) is 13.8 Å². The second-order valence-electron chi connectivity index (χ2n) is 7.13. The van der Waals surface area contributed by atoms with Gasteiger partial charge < -0.3 is 5.32 Å². The lowest BCUT2D eigenvalue weighted by Crippen LogP contribution is -2.45. The first kappa shape index (κ1) is 22.0. The van der Waals surface area contributed by atoms with E-state index in [1.807, 2.05) is 44.2 Å². The van der Waals surface area contributed by atoms with E-state index in [1.54, 1.807) is 30.3 Å². The lowest BCUT2D eigenvalue weighted by Gasteiger charge is -2.19. The van der Waals surface area contributed by atoms with Gasteiger partial charge in [0.15, 0.2) is 0 Å². The molecule has 0 radical (unpaired) electrons. The molecule has 30 heavy (non-hydrogen) atoms. The van der Waals surface area contributed by atoms with Gasteiger partial charge in [0, 0.05) is 10.7 Å². The molecule has 0 heterocycles. The number of sulfonamides is 1. The zero-order chi connectivity index (χ0) is 21.7. The standard InChI is InChI=1S/C23H23ClN2O3S/c1-16-8-12-20(13-9-16)30(28,29)26-22(14-18-6-4-3-5-7-18)23(27)25-19-11-10-17(2)21(24)15-19/h3-13,15,22,26H,14H2,1-2H3,(H,25,27)/t22-/m1/s1. The van der Waals surface area contributed by atoms with Crippen molar-refractivity contribution in [3.63, 3.8) is 0 Å². The number of amides is 1. The number of aryl methyl sites for hydroxylation is 2. The van der Waals surface area contributed by atoms with Crippen molar-refractivity contribution < 1.29 is 13.2 Å². The number of halogens is 1. The Kier molecular flexibility index (Phi) is 6.92. The Balaban J connectivity index is 1.86. The number of benzene rings is 3. The van der Waals surface area contributed by atoms with Crippen molar-refractivity contribution in [3.05, 3.63) is 94.5 Å². The first-order valence-corrected chi connectivity index (χ1v) is 11.3. The lowest BCUT2D eigenvalue weighted by molar-refractivity contribution is -0.117. The Hall–Kier alpha value is -2.67. The highest BCUT2D eigenvalue weighted by atomic mass is 35.5. The Morgan fingerprint density at radius 1 is 0.967 bits per heavy atom. The highest BCUT2D eigenvalue weighted by Crippen LogP contribution is 2.20. The summed E-state index contributed by atoms with van der Waals surface area (Å²) >= 11 is 6.14. The predicted octanol–water partition coefficient (Wildman–Crippen LogP) is 4.49. The van der Waals surface area contributed by atoms with Crippen LogP contribution in [0.5, 0.6) is 0 Å². The third-order valence-corrected chi connectivity index (χ3v) is 6.56. The molecular weight excluding hydrogens is 420 g/mol. The van der Waals surface area contributed by atoms with Crippen molar-refractivity contribution in [1.82, 2.24) is 4.72 Å². The normalized spacial score (nSPS) is 12.4.